The summed E-state index contributed by atoms with van der Waals surface area (Å²) in [6.45, 7) is 0. The van der Waals surface area contributed by atoms with E-state index in [1.165, 1.54) is 11.5 Å². The lowest BCUT2D eigenvalue weighted by Gasteiger charge is -2.00. The normalized spacial score (nSPS) is 9.17. The fourth-order valence-electron chi connectivity index (χ4n) is 0.552. The summed E-state index contributed by atoms with van der Waals surface area (Å²) in [5.74, 6) is -0.630. The minimum atomic E-state index is -1.05. The number of halogens is 1. The number of carbonyl (C=O) groups is 1. The Balaban J connectivity index is 2.64. The first-order valence-electron chi connectivity index (χ1n) is 2.96. The molecule has 0 fully saturated rings. The molecule has 0 radical (unpaired) electrons. The molecule has 0 aliphatic carbocycles. The molecule has 0 saturated heterocycles. The standard InChI is InChI=1S/C6H5FN2O3/c7-5-2-1-4(3-8-5)12-6(10)9-11/h1-3,11H,(H,9,10). The minimum Gasteiger partial charge on any atom is -0.407 e. The van der Waals surface area contributed by atoms with Crippen LogP contribution in [0.2, 0.25) is 0 Å². The molecule has 1 amide bonds. The molecule has 5 nitrogen and oxygen atoms in total. The molecule has 1 aromatic heterocycles. The Labute approximate surface area is 66.8 Å². The maximum atomic E-state index is 12.2. The molecule has 0 saturated carbocycles. The lowest BCUT2D eigenvalue weighted by atomic mass is 10.5. The van der Waals surface area contributed by atoms with Gasteiger partial charge in [-0.2, -0.15) is 4.39 Å². The van der Waals surface area contributed by atoms with Crippen LogP contribution in [0.4, 0.5) is 9.18 Å². The molecule has 0 unspecified atom stereocenters. The highest BCUT2D eigenvalue weighted by molar-refractivity contribution is 5.68. The van der Waals surface area contributed by atoms with Crippen molar-refractivity contribution in [3.05, 3.63) is 24.3 Å². The number of rotatable bonds is 1. The number of nitrogens with zero attached hydrogens (tertiary/aromatic N) is 1. The van der Waals surface area contributed by atoms with Gasteiger partial charge >= 0.3 is 6.09 Å². The van der Waals surface area contributed by atoms with E-state index in [0.29, 0.717) is 0 Å². The second-order valence-corrected chi connectivity index (χ2v) is 1.82. The van der Waals surface area contributed by atoms with Crippen LogP contribution in [0, 0.1) is 5.95 Å². The Kier molecular flexibility index (Phi) is 2.54. The molecule has 0 spiro atoms. The third-order valence-electron chi connectivity index (χ3n) is 1.00. The van der Waals surface area contributed by atoms with Gasteiger partial charge in [0, 0.05) is 0 Å². The summed E-state index contributed by atoms with van der Waals surface area (Å²) < 4.78 is 16.6. The minimum absolute atomic E-state index is 0.0444. The number of hydrogen-bond donors (Lipinski definition) is 2. The Morgan fingerprint density at radius 3 is 2.92 bits per heavy atom. The molecule has 0 bridgehead atoms. The highest BCUT2D eigenvalue weighted by atomic mass is 19.1. The van der Waals surface area contributed by atoms with Crippen LogP contribution in [0.15, 0.2) is 18.3 Å². The van der Waals surface area contributed by atoms with E-state index in [4.69, 9.17) is 5.21 Å². The third-order valence-corrected chi connectivity index (χ3v) is 1.00. The fourth-order valence-corrected chi connectivity index (χ4v) is 0.552. The van der Waals surface area contributed by atoms with Gasteiger partial charge in [0.2, 0.25) is 5.95 Å². The van der Waals surface area contributed by atoms with E-state index in [1.54, 1.807) is 0 Å². The van der Waals surface area contributed by atoms with Crippen molar-refractivity contribution in [2.24, 2.45) is 0 Å². The number of pyridine rings is 1. The van der Waals surface area contributed by atoms with Gasteiger partial charge in [0.1, 0.15) is 0 Å². The van der Waals surface area contributed by atoms with Gasteiger partial charge in [-0.05, 0) is 12.1 Å². The summed E-state index contributed by atoms with van der Waals surface area (Å²) >= 11 is 0. The zero-order valence-corrected chi connectivity index (χ0v) is 5.82. The monoisotopic (exact) mass is 172 g/mol. The Hall–Kier alpha value is -1.69. The molecule has 0 aromatic carbocycles. The van der Waals surface area contributed by atoms with Crippen molar-refractivity contribution in [1.82, 2.24) is 10.5 Å². The van der Waals surface area contributed by atoms with Crippen molar-refractivity contribution in [3.63, 3.8) is 0 Å². The van der Waals surface area contributed by atoms with Gasteiger partial charge in [0.25, 0.3) is 0 Å². The number of ether oxygens (including phenoxy) is 1. The molecule has 1 rings (SSSR count). The molecule has 64 valence electrons. The first-order chi connectivity index (χ1) is 5.72. The Morgan fingerprint density at radius 2 is 2.42 bits per heavy atom. The quantitative estimate of drug-likeness (QED) is 0.371. The van der Waals surface area contributed by atoms with Crippen LogP contribution in [0.5, 0.6) is 5.75 Å². The zero-order valence-electron chi connectivity index (χ0n) is 5.82. The molecule has 1 aromatic rings. The molecule has 6 heteroatoms. The van der Waals surface area contributed by atoms with E-state index in [0.717, 1.165) is 12.3 Å². The van der Waals surface area contributed by atoms with E-state index in [2.05, 4.69) is 9.72 Å². The average molecular weight is 172 g/mol. The van der Waals surface area contributed by atoms with E-state index in [1.807, 2.05) is 0 Å². The van der Waals surface area contributed by atoms with Crippen molar-refractivity contribution >= 4 is 6.09 Å². The van der Waals surface area contributed by atoms with Crippen LogP contribution >= 0.6 is 0 Å². The second kappa shape index (κ2) is 3.63. The summed E-state index contributed by atoms with van der Waals surface area (Å²) in [6.07, 6.45) is -0.0340. The van der Waals surface area contributed by atoms with Crippen molar-refractivity contribution in [2.45, 2.75) is 0 Å². The van der Waals surface area contributed by atoms with Crippen LogP contribution in [0.3, 0.4) is 0 Å². The Bertz CT molecular complexity index is 275. The highest BCUT2D eigenvalue weighted by Crippen LogP contribution is 2.07. The van der Waals surface area contributed by atoms with Gasteiger partial charge in [0.05, 0.1) is 6.20 Å². The number of hydrogen-bond acceptors (Lipinski definition) is 4. The summed E-state index contributed by atoms with van der Waals surface area (Å²) in [5, 5.41) is 8.03. The van der Waals surface area contributed by atoms with E-state index >= 15 is 0 Å². The fraction of sp³-hybridized carbons (Fsp3) is 0. The lowest BCUT2D eigenvalue weighted by molar-refractivity contribution is 0.127. The number of amides is 1. The average Bonchev–Trinajstić information content (AvgIpc) is 2.09. The molecule has 12 heavy (non-hydrogen) atoms. The van der Waals surface area contributed by atoms with Gasteiger partial charge in [-0.25, -0.2) is 15.3 Å². The summed E-state index contributed by atoms with van der Waals surface area (Å²) in [6, 6.07) is 2.23. The maximum Gasteiger partial charge on any atom is 0.436 e. The van der Waals surface area contributed by atoms with Crippen LogP contribution in [-0.4, -0.2) is 16.3 Å². The predicted octanol–water partition coefficient (Wildman–Crippen LogP) is 0.698. The van der Waals surface area contributed by atoms with Crippen molar-refractivity contribution in [1.29, 1.82) is 0 Å². The molecule has 0 aliphatic rings. The number of hydroxylamine groups is 1. The first kappa shape index (κ1) is 8.41. The zero-order chi connectivity index (χ0) is 8.97. The SMILES string of the molecule is O=C(NO)Oc1ccc(F)nc1. The highest BCUT2D eigenvalue weighted by Gasteiger charge is 2.01. The number of carbonyl (C=O) groups excluding carboxylic acids is 1. The van der Waals surface area contributed by atoms with Gasteiger partial charge in [-0.1, -0.05) is 0 Å². The molecule has 1 heterocycles. The lowest BCUT2D eigenvalue weighted by Crippen LogP contribution is -2.22. The van der Waals surface area contributed by atoms with Gasteiger partial charge < -0.3 is 4.74 Å². The van der Waals surface area contributed by atoms with E-state index in [-0.39, 0.29) is 5.75 Å². The number of aromatic nitrogens is 1. The van der Waals surface area contributed by atoms with Crippen molar-refractivity contribution in [2.75, 3.05) is 0 Å². The molecular formula is C6H5FN2O3. The maximum absolute atomic E-state index is 12.2. The molecular weight excluding hydrogens is 167 g/mol. The van der Waals surface area contributed by atoms with E-state index < -0.39 is 12.0 Å². The second-order valence-electron chi connectivity index (χ2n) is 1.82. The molecule has 0 atom stereocenters. The van der Waals surface area contributed by atoms with Crippen LogP contribution < -0.4 is 10.2 Å². The van der Waals surface area contributed by atoms with Gasteiger partial charge in [0.15, 0.2) is 5.75 Å². The van der Waals surface area contributed by atoms with Crippen LogP contribution in [0.1, 0.15) is 0 Å². The number of nitrogens with one attached hydrogen (secondary N) is 1. The molecule has 2 N–H and O–H groups in total. The largest absolute Gasteiger partial charge is 0.436 e. The smallest absolute Gasteiger partial charge is 0.407 e. The van der Waals surface area contributed by atoms with Crippen molar-refractivity contribution in [3.8, 4) is 5.75 Å². The third kappa shape index (κ3) is 2.17. The summed E-state index contributed by atoms with van der Waals surface area (Å²) in [4.78, 5) is 13.6. The Morgan fingerprint density at radius 1 is 1.67 bits per heavy atom. The predicted molar refractivity (Wildman–Crippen MR) is 35.1 cm³/mol. The first-order valence-corrected chi connectivity index (χ1v) is 2.96. The van der Waals surface area contributed by atoms with Gasteiger partial charge in [-0.15, -0.1) is 0 Å². The summed E-state index contributed by atoms with van der Waals surface area (Å²) in [7, 11) is 0. The topological polar surface area (TPSA) is 71.5 Å². The van der Waals surface area contributed by atoms with Crippen LogP contribution in [0.25, 0.3) is 0 Å². The summed E-state index contributed by atoms with van der Waals surface area (Å²) in [5.41, 5.74) is 1.25. The van der Waals surface area contributed by atoms with Crippen molar-refractivity contribution < 1.29 is 19.1 Å². The van der Waals surface area contributed by atoms with E-state index in [9.17, 15) is 9.18 Å². The van der Waals surface area contributed by atoms with Crippen LogP contribution in [-0.2, 0) is 0 Å². The van der Waals surface area contributed by atoms with Gasteiger partial charge in [-0.3, -0.25) is 5.21 Å². The molecule has 0 aliphatic heterocycles.